The quantitative estimate of drug-likeness (QED) is 0.505. The molecule has 0 aliphatic carbocycles. The number of carbonyl (C=O) groups is 3. The van der Waals surface area contributed by atoms with Gasteiger partial charge in [-0.05, 0) is 36.1 Å². The molecule has 0 radical (unpaired) electrons. The second kappa shape index (κ2) is 6.80. The first-order chi connectivity index (χ1) is 10.5. The molecule has 0 saturated heterocycles. The third kappa shape index (κ3) is 3.88. The van der Waals surface area contributed by atoms with Gasteiger partial charge in [0, 0.05) is 5.56 Å². The summed E-state index contributed by atoms with van der Waals surface area (Å²) in [6.45, 7) is 1.95. The largest absolute Gasteiger partial charge is 0.475 e. The summed E-state index contributed by atoms with van der Waals surface area (Å²) in [5.41, 5.74) is 3.52. The molecule has 4 heteroatoms. The summed E-state index contributed by atoms with van der Waals surface area (Å²) in [6, 6.07) is 15.0. The minimum Gasteiger partial charge on any atom is -0.475 e. The van der Waals surface area contributed by atoms with Crippen molar-refractivity contribution in [3.8, 4) is 0 Å². The van der Waals surface area contributed by atoms with Crippen LogP contribution in [-0.4, -0.2) is 22.6 Å². The topological polar surface area (TPSA) is 71.4 Å². The minimum absolute atomic E-state index is 0.367. The number of hydrogen-bond acceptors (Lipinski definition) is 3. The van der Waals surface area contributed by atoms with E-state index < -0.39 is 24.0 Å². The van der Waals surface area contributed by atoms with Crippen LogP contribution >= 0.6 is 0 Å². The molecule has 2 rings (SSSR count). The Labute approximate surface area is 128 Å². The molecule has 0 fully saturated rings. The molecule has 0 unspecified atom stereocenters. The second-order valence-corrected chi connectivity index (χ2v) is 5.13. The summed E-state index contributed by atoms with van der Waals surface area (Å²) in [4.78, 5) is 33.7. The monoisotopic (exact) mass is 296 g/mol. The molecule has 4 nitrogen and oxygen atoms in total. The second-order valence-electron chi connectivity index (χ2n) is 5.13. The lowest BCUT2D eigenvalue weighted by molar-refractivity contribution is -0.148. The fourth-order valence-corrected chi connectivity index (χ4v) is 2.17. The van der Waals surface area contributed by atoms with Crippen LogP contribution in [0.3, 0.4) is 0 Å². The fourth-order valence-electron chi connectivity index (χ4n) is 2.17. The number of carboxylic acids is 1. The van der Waals surface area contributed by atoms with E-state index in [4.69, 9.17) is 5.11 Å². The summed E-state index contributed by atoms with van der Waals surface area (Å²) in [6.07, 6.45) is 0.0733. The van der Waals surface area contributed by atoms with Gasteiger partial charge in [-0.15, -0.1) is 0 Å². The highest BCUT2D eigenvalue weighted by molar-refractivity contribution is 6.37. The maximum atomic E-state index is 12.0. The number of carboxylic acid groups (broad SMARTS) is 1. The maximum Gasteiger partial charge on any atom is 0.372 e. The van der Waals surface area contributed by atoms with E-state index in [-0.39, 0.29) is 0 Å². The molecule has 112 valence electrons. The van der Waals surface area contributed by atoms with Crippen LogP contribution in [0.25, 0.3) is 0 Å². The maximum absolute atomic E-state index is 12.0. The first-order valence-electron chi connectivity index (χ1n) is 6.90. The predicted octanol–water partition coefficient (Wildman–Crippen LogP) is 2.81. The van der Waals surface area contributed by atoms with Gasteiger partial charge in [0.05, 0.1) is 6.42 Å². The van der Waals surface area contributed by atoms with Crippen molar-refractivity contribution in [2.75, 3.05) is 0 Å². The van der Waals surface area contributed by atoms with Crippen molar-refractivity contribution < 1.29 is 19.5 Å². The summed E-state index contributed by atoms with van der Waals surface area (Å²) in [5, 5.41) is 8.57. The number of benzene rings is 2. The van der Waals surface area contributed by atoms with Gasteiger partial charge in [-0.2, -0.15) is 0 Å². The van der Waals surface area contributed by atoms with Gasteiger partial charge >= 0.3 is 5.97 Å². The average Bonchev–Trinajstić information content (AvgIpc) is 2.50. The van der Waals surface area contributed by atoms with Gasteiger partial charge in [0.25, 0.3) is 0 Å². The van der Waals surface area contributed by atoms with Crippen LogP contribution in [0.5, 0.6) is 0 Å². The smallest absolute Gasteiger partial charge is 0.372 e. The third-order valence-electron chi connectivity index (χ3n) is 3.47. The molecule has 0 aromatic heterocycles. The molecule has 2 aromatic rings. The van der Waals surface area contributed by atoms with Crippen molar-refractivity contribution in [2.45, 2.75) is 19.8 Å². The Morgan fingerprint density at radius 2 is 1.68 bits per heavy atom. The summed E-state index contributed by atoms with van der Waals surface area (Å²) in [7, 11) is 0. The van der Waals surface area contributed by atoms with Crippen molar-refractivity contribution in [1.82, 2.24) is 0 Å². The lowest BCUT2D eigenvalue weighted by Crippen LogP contribution is -2.17. The molecule has 0 aliphatic heterocycles. The van der Waals surface area contributed by atoms with Gasteiger partial charge in [-0.1, -0.05) is 42.5 Å². The number of hydrogen-bond donors (Lipinski definition) is 1. The summed E-state index contributed by atoms with van der Waals surface area (Å²) in [5.74, 6) is -3.14. The van der Waals surface area contributed by atoms with Crippen LogP contribution in [0.2, 0.25) is 0 Å². The zero-order valence-corrected chi connectivity index (χ0v) is 12.2. The van der Waals surface area contributed by atoms with E-state index in [0.29, 0.717) is 12.0 Å². The normalized spacial score (nSPS) is 10.2. The van der Waals surface area contributed by atoms with E-state index in [1.54, 1.807) is 12.1 Å². The van der Waals surface area contributed by atoms with Gasteiger partial charge in [0.15, 0.2) is 5.78 Å². The van der Waals surface area contributed by atoms with Gasteiger partial charge in [-0.3, -0.25) is 9.59 Å². The van der Waals surface area contributed by atoms with E-state index >= 15 is 0 Å². The number of rotatable bonds is 6. The lowest BCUT2D eigenvalue weighted by Gasteiger charge is -2.08. The van der Waals surface area contributed by atoms with Crippen LogP contribution in [0.4, 0.5) is 0 Å². The Hall–Kier alpha value is -2.75. The Kier molecular flexibility index (Phi) is 4.84. The molecule has 0 spiro atoms. The van der Waals surface area contributed by atoms with Gasteiger partial charge in [0.1, 0.15) is 0 Å². The number of carbonyl (C=O) groups excluding carboxylic acids is 2. The van der Waals surface area contributed by atoms with E-state index in [9.17, 15) is 14.4 Å². The zero-order valence-electron chi connectivity index (χ0n) is 12.2. The Morgan fingerprint density at radius 1 is 1.00 bits per heavy atom. The van der Waals surface area contributed by atoms with Crippen molar-refractivity contribution in [3.05, 3.63) is 70.8 Å². The highest BCUT2D eigenvalue weighted by Crippen LogP contribution is 2.17. The number of aliphatic carboxylic acids is 1. The highest BCUT2D eigenvalue weighted by Gasteiger charge is 2.18. The van der Waals surface area contributed by atoms with Crippen LogP contribution in [-0.2, 0) is 16.0 Å². The molecule has 0 bridgehead atoms. The third-order valence-corrected chi connectivity index (χ3v) is 3.47. The van der Waals surface area contributed by atoms with Gasteiger partial charge in [0.2, 0.25) is 5.78 Å². The first-order valence-corrected chi connectivity index (χ1v) is 6.90. The van der Waals surface area contributed by atoms with Crippen molar-refractivity contribution in [3.63, 3.8) is 0 Å². The summed E-state index contributed by atoms with van der Waals surface area (Å²) >= 11 is 0. The van der Waals surface area contributed by atoms with E-state index in [1.165, 1.54) is 0 Å². The van der Waals surface area contributed by atoms with Crippen LogP contribution < -0.4 is 0 Å². The van der Waals surface area contributed by atoms with E-state index in [2.05, 4.69) is 0 Å². The molecular formula is C18H16O4. The number of aryl methyl sites for hydroxylation is 1. The fraction of sp³-hybridized carbons (Fsp3) is 0.167. The molecule has 22 heavy (non-hydrogen) atoms. The van der Waals surface area contributed by atoms with Crippen LogP contribution in [0, 0.1) is 6.92 Å². The molecule has 1 N–H and O–H groups in total. The average molecular weight is 296 g/mol. The number of Topliss-reactive ketones (excluding diaryl/α,β-unsaturated/α-hetero) is 2. The minimum atomic E-state index is -1.58. The summed E-state index contributed by atoms with van der Waals surface area (Å²) < 4.78 is 0. The lowest BCUT2D eigenvalue weighted by atomic mass is 9.96. The van der Waals surface area contributed by atoms with Crippen LogP contribution in [0.15, 0.2) is 48.5 Å². The van der Waals surface area contributed by atoms with Gasteiger partial charge in [-0.25, -0.2) is 4.79 Å². The van der Waals surface area contributed by atoms with E-state index in [0.717, 1.165) is 16.7 Å². The van der Waals surface area contributed by atoms with Gasteiger partial charge < -0.3 is 5.11 Å². The molecule has 0 atom stereocenters. The van der Waals surface area contributed by atoms with Crippen molar-refractivity contribution in [2.24, 2.45) is 0 Å². The molecule has 2 aromatic carbocycles. The Morgan fingerprint density at radius 3 is 2.32 bits per heavy atom. The molecule has 0 aliphatic rings. The van der Waals surface area contributed by atoms with Crippen molar-refractivity contribution >= 4 is 17.5 Å². The molecule has 0 amide bonds. The molecule has 0 heterocycles. The van der Waals surface area contributed by atoms with Crippen LogP contribution in [0.1, 0.15) is 33.5 Å². The first kappa shape index (κ1) is 15.6. The highest BCUT2D eigenvalue weighted by atomic mass is 16.4. The molecule has 0 saturated carbocycles. The zero-order chi connectivity index (χ0) is 16.1. The number of ketones is 2. The Bertz CT molecular complexity index is 717. The standard InChI is InChI=1S/C18H16O4/c1-12-7-8-14(16(19)11-17(20)18(21)22)10-15(12)9-13-5-3-2-4-6-13/h2-8,10H,9,11H2,1H3,(H,21,22). The SMILES string of the molecule is Cc1ccc(C(=O)CC(=O)C(=O)O)cc1Cc1ccccc1. The molecular weight excluding hydrogens is 280 g/mol. The van der Waals surface area contributed by atoms with E-state index in [1.807, 2.05) is 43.3 Å². The van der Waals surface area contributed by atoms with Crippen molar-refractivity contribution in [1.29, 1.82) is 0 Å². The Balaban J connectivity index is 2.21. The predicted molar refractivity (Wildman–Crippen MR) is 82.0 cm³/mol.